The summed E-state index contributed by atoms with van der Waals surface area (Å²) in [7, 11) is 0. The van der Waals surface area contributed by atoms with Gasteiger partial charge in [-0.25, -0.2) is 0 Å². The van der Waals surface area contributed by atoms with E-state index in [-0.39, 0.29) is 6.04 Å². The van der Waals surface area contributed by atoms with E-state index in [1.54, 1.807) is 0 Å². The van der Waals surface area contributed by atoms with Crippen molar-refractivity contribution < 1.29 is 0 Å². The molecular formula is C15H21Cl2N. The minimum atomic E-state index is 0.181. The molecule has 0 radical (unpaired) electrons. The molecule has 0 aromatic heterocycles. The summed E-state index contributed by atoms with van der Waals surface area (Å²) in [6.07, 6.45) is 7.11. The Morgan fingerprint density at radius 2 is 1.94 bits per heavy atom. The monoisotopic (exact) mass is 285 g/mol. The number of hydrogen-bond donors (Lipinski definition) is 1. The molecule has 0 amide bonds. The maximum absolute atomic E-state index is 6.47. The topological polar surface area (TPSA) is 26.0 Å². The van der Waals surface area contributed by atoms with Crippen LogP contribution in [0.4, 0.5) is 0 Å². The predicted octanol–water partition coefficient (Wildman–Crippen LogP) is 4.83. The number of hydrogen-bond acceptors (Lipinski definition) is 1. The Labute approximate surface area is 120 Å². The number of nitrogens with two attached hydrogens (primary N) is 1. The molecule has 0 saturated heterocycles. The average Bonchev–Trinajstić information content (AvgIpc) is 2.84. The third kappa shape index (κ3) is 2.84. The van der Waals surface area contributed by atoms with Crippen LogP contribution >= 0.6 is 23.2 Å². The van der Waals surface area contributed by atoms with Gasteiger partial charge >= 0.3 is 0 Å². The zero-order valence-corrected chi connectivity index (χ0v) is 12.4. The van der Waals surface area contributed by atoms with Gasteiger partial charge < -0.3 is 5.73 Å². The summed E-state index contributed by atoms with van der Waals surface area (Å²) in [6.45, 7) is 2.25. The van der Waals surface area contributed by atoms with E-state index in [9.17, 15) is 0 Å². The van der Waals surface area contributed by atoms with Crippen molar-refractivity contribution >= 4 is 23.2 Å². The summed E-state index contributed by atoms with van der Waals surface area (Å²) in [6, 6.07) is 5.81. The summed E-state index contributed by atoms with van der Waals surface area (Å²) < 4.78 is 0. The first-order valence-electron chi connectivity index (χ1n) is 6.77. The van der Waals surface area contributed by atoms with Crippen LogP contribution in [-0.2, 0) is 6.42 Å². The van der Waals surface area contributed by atoms with Gasteiger partial charge in [0.1, 0.15) is 0 Å². The molecular weight excluding hydrogens is 265 g/mol. The van der Waals surface area contributed by atoms with Gasteiger partial charge in [0, 0.05) is 16.1 Å². The molecule has 1 saturated carbocycles. The van der Waals surface area contributed by atoms with Crippen molar-refractivity contribution in [3.63, 3.8) is 0 Å². The van der Waals surface area contributed by atoms with Gasteiger partial charge in [0.2, 0.25) is 0 Å². The predicted molar refractivity (Wildman–Crippen MR) is 79.3 cm³/mol. The zero-order valence-electron chi connectivity index (χ0n) is 10.9. The molecule has 0 bridgehead atoms. The highest BCUT2D eigenvalue weighted by molar-refractivity contribution is 6.33. The molecule has 1 nitrogen and oxygen atoms in total. The fraction of sp³-hybridized carbons (Fsp3) is 0.600. The van der Waals surface area contributed by atoms with Crippen LogP contribution in [0.5, 0.6) is 0 Å². The molecule has 1 atom stereocenters. The van der Waals surface area contributed by atoms with Crippen LogP contribution in [0, 0.1) is 5.41 Å². The first-order chi connectivity index (χ1) is 8.57. The Balaban J connectivity index is 2.15. The van der Waals surface area contributed by atoms with Gasteiger partial charge in [0.25, 0.3) is 0 Å². The van der Waals surface area contributed by atoms with E-state index < -0.39 is 0 Å². The van der Waals surface area contributed by atoms with Crippen LogP contribution in [0.1, 0.15) is 44.6 Å². The second kappa shape index (κ2) is 5.81. The molecule has 100 valence electrons. The Morgan fingerprint density at radius 1 is 1.28 bits per heavy atom. The Morgan fingerprint density at radius 3 is 2.56 bits per heavy atom. The van der Waals surface area contributed by atoms with Crippen LogP contribution in [0.2, 0.25) is 10.0 Å². The van der Waals surface area contributed by atoms with Crippen molar-refractivity contribution in [1.29, 1.82) is 0 Å². The van der Waals surface area contributed by atoms with Crippen molar-refractivity contribution in [2.45, 2.75) is 51.5 Å². The van der Waals surface area contributed by atoms with Crippen molar-refractivity contribution in [1.82, 2.24) is 0 Å². The van der Waals surface area contributed by atoms with Crippen molar-refractivity contribution in [3.8, 4) is 0 Å². The first-order valence-corrected chi connectivity index (χ1v) is 7.52. The third-order valence-corrected chi connectivity index (χ3v) is 5.14. The number of rotatable bonds is 4. The Hall–Kier alpha value is -0.240. The normalized spacial score (nSPS) is 20.0. The zero-order chi connectivity index (χ0) is 13.2. The Bertz CT molecular complexity index is 411. The lowest BCUT2D eigenvalue weighted by molar-refractivity contribution is 0.219. The number of halogens is 2. The highest BCUT2D eigenvalue weighted by atomic mass is 35.5. The Kier molecular flexibility index (Phi) is 4.58. The van der Waals surface area contributed by atoms with Crippen molar-refractivity contribution in [3.05, 3.63) is 33.8 Å². The minimum Gasteiger partial charge on any atom is -0.327 e. The molecule has 1 aliphatic carbocycles. The molecule has 3 heteroatoms. The fourth-order valence-corrected chi connectivity index (χ4v) is 3.61. The van der Waals surface area contributed by atoms with Gasteiger partial charge in [-0.15, -0.1) is 0 Å². The largest absolute Gasteiger partial charge is 0.327 e. The maximum Gasteiger partial charge on any atom is 0.0439 e. The van der Waals surface area contributed by atoms with Gasteiger partial charge in [0.05, 0.1) is 0 Å². The van der Waals surface area contributed by atoms with Crippen molar-refractivity contribution in [2.75, 3.05) is 0 Å². The SMILES string of the molecule is CCC1(C(N)Cc2cc(Cl)ccc2Cl)CCCC1. The molecule has 2 N–H and O–H groups in total. The second-order valence-corrected chi connectivity index (χ2v) is 6.31. The summed E-state index contributed by atoms with van der Waals surface area (Å²) in [5.74, 6) is 0. The van der Waals surface area contributed by atoms with Gasteiger partial charge in [0.15, 0.2) is 0 Å². The van der Waals surface area contributed by atoms with Crippen LogP contribution < -0.4 is 5.73 Å². The standard InChI is InChI=1S/C15H21Cl2N/c1-2-15(7-3-4-8-15)14(18)10-11-9-12(16)5-6-13(11)17/h5-6,9,14H,2-4,7-8,10,18H2,1H3. The van der Waals surface area contributed by atoms with Gasteiger partial charge in [-0.1, -0.05) is 43.0 Å². The summed E-state index contributed by atoms with van der Waals surface area (Å²) in [5, 5.41) is 1.51. The summed E-state index contributed by atoms with van der Waals surface area (Å²) in [5.41, 5.74) is 7.86. The molecule has 2 rings (SSSR count). The molecule has 1 unspecified atom stereocenters. The molecule has 0 spiro atoms. The number of benzene rings is 1. The average molecular weight is 286 g/mol. The van der Waals surface area contributed by atoms with E-state index in [0.717, 1.165) is 28.5 Å². The highest BCUT2D eigenvalue weighted by Gasteiger charge is 2.37. The van der Waals surface area contributed by atoms with E-state index in [0.29, 0.717) is 5.41 Å². The van der Waals surface area contributed by atoms with E-state index in [1.165, 1.54) is 25.7 Å². The summed E-state index contributed by atoms with van der Waals surface area (Å²) in [4.78, 5) is 0. The first kappa shape index (κ1) is 14.2. The lowest BCUT2D eigenvalue weighted by Crippen LogP contribution is -2.41. The molecule has 0 heterocycles. The smallest absolute Gasteiger partial charge is 0.0439 e. The molecule has 0 aliphatic heterocycles. The highest BCUT2D eigenvalue weighted by Crippen LogP contribution is 2.44. The third-order valence-electron chi connectivity index (χ3n) is 4.54. The maximum atomic E-state index is 6.47. The van der Waals surface area contributed by atoms with Crippen LogP contribution in [0.3, 0.4) is 0 Å². The van der Waals surface area contributed by atoms with Crippen LogP contribution in [-0.4, -0.2) is 6.04 Å². The molecule has 1 aromatic carbocycles. The lowest BCUT2D eigenvalue weighted by atomic mass is 9.74. The molecule has 1 aromatic rings. The van der Waals surface area contributed by atoms with E-state index in [1.807, 2.05) is 18.2 Å². The van der Waals surface area contributed by atoms with Gasteiger partial charge in [-0.05, 0) is 54.9 Å². The van der Waals surface area contributed by atoms with Crippen LogP contribution in [0.25, 0.3) is 0 Å². The van der Waals surface area contributed by atoms with E-state index in [2.05, 4.69) is 6.92 Å². The summed E-state index contributed by atoms with van der Waals surface area (Å²) >= 11 is 12.3. The lowest BCUT2D eigenvalue weighted by Gasteiger charge is -2.34. The second-order valence-electron chi connectivity index (χ2n) is 5.47. The molecule has 1 fully saturated rings. The van der Waals surface area contributed by atoms with E-state index >= 15 is 0 Å². The van der Waals surface area contributed by atoms with Gasteiger partial charge in [-0.3, -0.25) is 0 Å². The minimum absolute atomic E-state index is 0.181. The quantitative estimate of drug-likeness (QED) is 0.842. The van der Waals surface area contributed by atoms with Gasteiger partial charge in [-0.2, -0.15) is 0 Å². The molecule has 1 aliphatic rings. The molecule has 18 heavy (non-hydrogen) atoms. The van der Waals surface area contributed by atoms with Crippen LogP contribution in [0.15, 0.2) is 18.2 Å². The fourth-order valence-electron chi connectivity index (χ4n) is 3.22. The van der Waals surface area contributed by atoms with E-state index in [4.69, 9.17) is 28.9 Å². The van der Waals surface area contributed by atoms with Crippen molar-refractivity contribution in [2.24, 2.45) is 11.1 Å².